The molecular formula is C127H76Cu4N14S4-12. The van der Waals surface area contributed by atoms with E-state index < -0.39 is 0 Å². The second-order valence-corrected chi connectivity index (χ2v) is 39.5. The van der Waals surface area contributed by atoms with Crippen LogP contribution in [0.25, 0.3) is 191 Å². The predicted molar refractivity (Wildman–Crippen MR) is 593 cm³/mol. The van der Waals surface area contributed by atoms with Crippen molar-refractivity contribution in [3.8, 4) is 84.2 Å². The molecule has 0 spiro atoms. The molecule has 13 heterocycles. The molecule has 0 saturated carbocycles. The molecule has 0 fully saturated rings. The van der Waals surface area contributed by atoms with Crippen molar-refractivity contribution in [1.29, 1.82) is 0 Å². The van der Waals surface area contributed by atoms with Gasteiger partial charge in [-0.05, 0) is 129 Å². The average Bonchev–Trinajstić information content (AvgIpc) is 1.69. The maximum absolute atomic E-state index is 4.71. The largest absolute Gasteiger partial charge is 0.381 e. The van der Waals surface area contributed by atoms with Crippen LogP contribution in [0.2, 0.25) is 0 Å². The summed E-state index contributed by atoms with van der Waals surface area (Å²) in [6, 6.07) is 165. The molecule has 0 amide bonds. The first-order valence-corrected chi connectivity index (χ1v) is 50.9. The number of imidazole rings is 1. The first kappa shape index (κ1) is 96.6. The first-order chi connectivity index (χ1) is 71.6. The van der Waals surface area contributed by atoms with Gasteiger partial charge in [0.05, 0.1) is 55.7 Å². The third-order valence-electron chi connectivity index (χ3n) is 27.0. The number of aromatic nitrogens is 11. The molecule has 0 saturated heterocycles. The van der Waals surface area contributed by atoms with E-state index in [0.29, 0.717) is 0 Å². The number of thiophene rings is 2. The molecule has 0 atom stereocenters. The van der Waals surface area contributed by atoms with Crippen LogP contribution in [0.1, 0.15) is 0 Å². The molecule has 4 radical (unpaired) electrons. The van der Waals surface area contributed by atoms with Gasteiger partial charge in [0.15, 0.2) is 0 Å². The molecular weight excluding hydrogens is 2100 g/mol. The first-order valence-electron chi connectivity index (χ1n) is 47.4. The van der Waals surface area contributed by atoms with Gasteiger partial charge in [-0.15, -0.1) is 219 Å². The fourth-order valence-electron chi connectivity index (χ4n) is 20.3. The van der Waals surface area contributed by atoms with Crippen molar-refractivity contribution in [3.63, 3.8) is 0 Å². The Morgan fingerprint density at radius 2 is 0.953 bits per heavy atom. The van der Waals surface area contributed by atoms with Crippen LogP contribution < -0.4 is 24.3 Å². The molecule has 149 heavy (non-hydrogen) atoms. The fourth-order valence-corrected chi connectivity index (χ4v) is 23.8. The van der Waals surface area contributed by atoms with E-state index in [9.17, 15) is 0 Å². The number of thiazole rings is 1. The number of rotatable bonds is 12. The van der Waals surface area contributed by atoms with Crippen LogP contribution in [0.3, 0.4) is 0 Å². The summed E-state index contributed by atoms with van der Waals surface area (Å²) in [6.07, 6.45) is 11.9. The quantitative estimate of drug-likeness (QED) is 0.0678. The summed E-state index contributed by atoms with van der Waals surface area (Å²) in [5.41, 5.74) is 36.1. The summed E-state index contributed by atoms with van der Waals surface area (Å²) in [7, 11) is 6.21. The van der Waals surface area contributed by atoms with Crippen LogP contribution in [0, 0.1) is 72.8 Å². The molecule has 734 valence electrons. The number of benzene rings is 17. The smallest absolute Gasteiger partial charge is 0.129 e. The van der Waals surface area contributed by atoms with Gasteiger partial charge in [-0.2, -0.15) is 137 Å². The number of anilines is 8. The van der Waals surface area contributed by atoms with Crippen LogP contribution in [-0.2, 0) is 82.4 Å². The zero-order valence-electron chi connectivity index (χ0n) is 79.3. The standard InChI is InChI=1S/C34H24N5S.C33H19N4.C31H18N3S.C29H15N2S2.4Cu/c1-36-20-27(33-34(36)37(2)21-35-33)23-14-15-29-31(19-23)39(30-12-5-4-11-28(30)38(29)3)24-9-6-8-22(18-24)25-10-7-13-32-26(25)16-17-40-32;1-4-13-30-23(8-1)18-19-35(30)25-10-7-11-26(20-25)36-32-15-6-3-12-28(32)29-17-16-27(21-33(29)36)37-31-14-5-2-9-24(31)22-34-37;1-2-12-27-22(8-1)17-19-33(27)24-15-16-31-29(21-24)34(28-13-3-4-14-30(28)35-31)25-10-7-9-23(20-25)26-11-5-6-18-32-26;1-2-7-19(8-3-1)20-13-14-24-23-11-4-5-12-26(23)31(27(24)16-20)22-10-6-9-21(15-22)25-17-32-29-28(25)30-18-33-29;;;;/h4-15,17,20-21H,1-3H3;1-12,14-19,22H;1-11,13-19H;1-7,9-14,17-18H;;;;/q4*-3;;;;. The van der Waals surface area contributed by atoms with Gasteiger partial charge in [-0.25, -0.2) is 27.4 Å². The number of pyridine rings is 1. The van der Waals surface area contributed by atoms with Crippen molar-refractivity contribution in [3.05, 3.63) is 478 Å². The Balaban J connectivity index is 0.000000108. The predicted octanol–water partition coefficient (Wildman–Crippen LogP) is 31.1. The zero-order chi connectivity index (χ0) is 96.3. The number of para-hydroxylation sites is 8. The van der Waals surface area contributed by atoms with Crippen LogP contribution in [0.4, 0.5) is 45.5 Å². The van der Waals surface area contributed by atoms with Crippen molar-refractivity contribution >= 4 is 198 Å². The summed E-state index contributed by atoms with van der Waals surface area (Å²) in [5, 5.41) is 18.2. The van der Waals surface area contributed by atoms with Crippen molar-refractivity contribution in [2.75, 3.05) is 21.7 Å². The Bertz CT molecular complexity index is 9910. The molecule has 28 aromatic rings. The van der Waals surface area contributed by atoms with E-state index in [1.807, 2.05) is 114 Å². The SMILES string of the molecule is CN1c2ccc(-c3cn(C)c4c3[n-]c[n+]4C)[c-]c2N(c2[c-]c(-c3cccc4sc[c-]c34)ccc2)c2ccccc21.[Cu].[Cu].[Cu].[Cu].[c-]1c(-c2ccccn2)cccc1N1c2[c-]c(-n3ccc4ccc[c-]c43)ccc2Sc2ccccc21.[c-]1c(-n2ccc3ccc[c-]c32)cccc1-n1c2[c-]c(-n3ncc4ccccc43)ccc2c2ccccc21.[c-]1ccccc1-c1[c-]c2c(cc1)c1ccccc1n2-c1[c-]c(-c2csc3scnc23)ccc1. The molecule has 0 unspecified atom stereocenters. The zero-order valence-corrected chi connectivity index (χ0v) is 86.3. The number of hydrogen-bond acceptors (Lipinski definition) is 10. The monoisotopic (exact) mass is 2180 g/mol. The fraction of sp³-hybridized carbons (Fsp3) is 0.0236. The second-order valence-electron chi connectivity index (χ2n) is 35.5. The van der Waals surface area contributed by atoms with Gasteiger partial charge in [0.25, 0.3) is 0 Å². The number of aryl methyl sites for hydroxylation is 2. The maximum Gasteiger partial charge on any atom is 0.129 e. The summed E-state index contributed by atoms with van der Waals surface area (Å²) < 4.78 is 17.4. The van der Waals surface area contributed by atoms with Crippen molar-refractivity contribution in [2.24, 2.45) is 14.1 Å². The van der Waals surface area contributed by atoms with E-state index in [0.717, 1.165) is 217 Å². The van der Waals surface area contributed by atoms with E-state index in [1.54, 1.807) is 45.8 Å². The minimum absolute atomic E-state index is 0. The van der Waals surface area contributed by atoms with Crippen molar-refractivity contribution < 1.29 is 72.8 Å². The maximum atomic E-state index is 4.71. The minimum Gasteiger partial charge on any atom is -0.381 e. The Labute approximate surface area is 918 Å². The summed E-state index contributed by atoms with van der Waals surface area (Å²) in [4.78, 5) is 23.0. The van der Waals surface area contributed by atoms with Gasteiger partial charge >= 0.3 is 0 Å². The molecule has 2 aliphatic heterocycles. The van der Waals surface area contributed by atoms with Crippen molar-refractivity contribution in [1.82, 2.24) is 47.6 Å². The van der Waals surface area contributed by atoms with E-state index in [4.69, 9.17) is 4.98 Å². The van der Waals surface area contributed by atoms with Crippen molar-refractivity contribution in [2.45, 2.75) is 9.79 Å². The third-order valence-corrected chi connectivity index (χ3v) is 30.9. The average molecular weight is 2180 g/mol. The molecule has 0 N–H and O–H groups in total. The van der Waals surface area contributed by atoms with Crippen LogP contribution in [-0.4, -0.2) is 49.6 Å². The topological polar surface area (TPSA) is 96.0 Å². The number of hydrogen-bond donors (Lipinski definition) is 0. The van der Waals surface area contributed by atoms with Gasteiger partial charge in [0.1, 0.15) is 5.65 Å². The molecule has 0 aliphatic carbocycles. The summed E-state index contributed by atoms with van der Waals surface area (Å²) in [5.74, 6) is 0. The van der Waals surface area contributed by atoms with Gasteiger partial charge in [-0.1, -0.05) is 180 Å². The van der Waals surface area contributed by atoms with Gasteiger partial charge < -0.3 is 47.1 Å². The van der Waals surface area contributed by atoms with Gasteiger partial charge in [0.2, 0.25) is 0 Å². The van der Waals surface area contributed by atoms with E-state index in [1.165, 1.54) is 29.8 Å². The Morgan fingerprint density at radius 1 is 0.362 bits per heavy atom. The summed E-state index contributed by atoms with van der Waals surface area (Å²) >= 11 is 6.92. The molecule has 17 aromatic carbocycles. The Hall–Kier alpha value is -15.8. The van der Waals surface area contributed by atoms with E-state index in [2.05, 4.69) is 447 Å². The van der Waals surface area contributed by atoms with E-state index >= 15 is 0 Å². The summed E-state index contributed by atoms with van der Waals surface area (Å²) in [6.45, 7) is 0. The second kappa shape index (κ2) is 40.8. The van der Waals surface area contributed by atoms with Crippen LogP contribution in [0.15, 0.2) is 415 Å². The van der Waals surface area contributed by atoms with Crippen LogP contribution in [0.5, 0.6) is 0 Å². The van der Waals surface area contributed by atoms with Crippen LogP contribution >= 0.6 is 45.8 Å². The molecule has 30 rings (SSSR count). The van der Waals surface area contributed by atoms with Gasteiger partial charge in [-0.3, -0.25) is 9.67 Å². The number of fused-ring (bicyclic) bond motifs is 16. The molecule has 0 bridgehead atoms. The molecule has 2 aliphatic rings. The molecule has 14 nitrogen and oxygen atoms in total. The Morgan fingerprint density at radius 3 is 1.70 bits per heavy atom. The van der Waals surface area contributed by atoms with Gasteiger partial charge in [0, 0.05) is 117 Å². The third kappa shape index (κ3) is 17.3. The number of nitrogens with zero attached hydrogens (tertiary/aromatic N) is 14. The molecule has 22 heteroatoms. The normalized spacial score (nSPS) is 11.8. The molecule has 11 aromatic heterocycles. The Kier molecular flexibility index (Phi) is 26.4. The minimum atomic E-state index is 0. The van der Waals surface area contributed by atoms with E-state index in [-0.39, 0.29) is 68.3 Å².